The van der Waals surface area contributed by atoms with Gasteiger partial charge in [0.15, 0.2) is 0 Å². The molecule has 1 spiro atoms. The zero-order valence-electron chi connectivity index (χ0n) is 23.3. The summed E-state index contributed by atoms with van der Waals surface area (Å²) in [4.78, 5) is 10.3. The number of aliphatic imine (C=N–C) groups is 2. The molecule has 2 heterocycles. The monoisotopic (exact) mass is 538 g/mol. The van der Waals surface area contributed by atoms with Crippen molar-refractivity contribution in [2.24, 2.45) is 9.98 Å². The van der Waals surface area contributed by atoms with Crippen molar-refractivity contribution in [3.63, 3.8) is 0 Å². The van der Waals surface area contributed by atoms with Gasteiger partial charge in [-0.3, -0.25) is 0 Å². The molecule has 4 aromatic rings. The van der Waals surface area contributed by atoms with Crippen LogP contribution in [-0.2, 0) is 40.6 Å². The maximum atomic E-state index is 6.34. The summed E-state index contributed by atoms with van der Waals surface area (Å²) in [5.41, 5.74) is 10.6. The molecule has 204 valence electrons. The number of benzene rings is 4. The fourth-order valence-corrected chi connectivity index (χ4v) is 7.66. The highest BCUT2D eigenvalue weighted by Crippen LogP contribution is 2.55. The molecule has 0 aromatic heterocycles. The molecular weight excluding hydrogens is 504 g/mol. The first kappa shape index (κ1) is 24.6. The molecule has 4 nitrogen and oxygen atoms in total. The summed E-state index contributed by atoms with van der Waals surface area (Å²) in [6, 6.07) is 35.0. The van der Waals surface area contributed by atoms with Gasteiger partial charge in [0.25, 0.3) is 0 Å². The number of hydrogen-bond donors (Lipinski definition) is 0. The average molecular weight is 539 g/mol. The zero-order valence-corrected chi connectivity index (χ0v) is 23.3. The minimum Gasteiger partial charge on any atom is -0.475 e. The summed E-state index contributed by atoms with van der Waals surface area (Å²) >= 11 is 0. The Morgan fingerprint density at radius 3 is 1.49 bits per heavy atom. The molecular formula is C37H34N2O2. The third-order valence-corrected chi connectivity index (χ3v) is 9.41. The molecule has 2 aliphatic carbocycles. The van der Waals surface area contributed by atoms with E-state index < -0.39 is 0 Å². The van der Waals surface area contributed by atoms with Crippen LogP contribution >= 0.6 is 0 Å². The number of nitrogens with zero attached hydrogens (tertiary/aromatic N) is 2. The summed E-state index contributed by atoms with van der Waals surface area (Å²) in [5, 5.41) is 0. The molecule has 0 saturated carbocycles. The highest BCUT2D eigenvalue weighted by molar-refractivity contribution is 6.00. The standard InChI is InChI=1S/C37H34N2O2/c1-3-9-25(10-4-1)21-29-23-40-35(38-29)31-15-7-13-27-17-19-37(33(27)31)20-18-28-14-8-16-32(34(28)37)36-39-30(24-41-36)22-26-11-5-2-6-12-26/h1-16,29-30H,17-24H2/t29-,30-,37?/m0/s1. The van der Waals surface area contributed by atoms with Gasteiger partial charge < -0.3 is 9.47 Å². The molecule has 0 bridgehead atoms. The smallest absolute Gasteiger partial charge is 0.216 e. The van der Waals surface area contributed by atoms with Crippen LogP contribution in [0.1, 0.15) is 57.3 Å². The first-order valence-corrected chi connectivity index (χ1v) is 15.0. The van der Waals surface area contributed by atoms with Crippen LogP contribution in [0.2, 0.25) is 0 Å². The zero-order chi connectivity index (χ0) is 27.2. The van der Waals surface area contributed by atoms with E-state index in [-0.39, 0.29) is 17.5 Å². The average Bonchev–Trinajstić information content (AvgIpc) is 3.82. The minimum absolute atomic E-state index is 0.0648. The van der Waals surface area contributed by atoms with Crippen molar-refractivity contribution >= 4 is 11.8 Å². The SMILES string of the molecule is c1ccc(C[C@H]2COC(c3cccc4c3C3(CC4)CCc4cccc(C5=N[C@@H](Cc6ccccc6)CO5)c43)=N2)cc1. The van der Waals surface area contributed by atoms with Gasteiger partial charge >= 0.3 is 0 Å². The van der Waals surface area contributed by atoms with E-state index in [1.54, 1.807) is 0 Å². The van der Waals surface area contributed by atoms with E-state index in [0.29, 0.717) is 13.2 Å². The molecule has 0 amide bonds. The van der Waals surface area contributed by atoms with Crippen molar-refractivity contribution in [2.45, 2.75) is 56.0 Å². The molecule has 0 radical (unpaired) electrons. The van der Waals surface area contributed by atoms with Crippen molar-refractivity contribution in [1.82, 2.24) is 0 Å². The van der Waals surface area contributed by atoms with Gasteiger partial charge in [0.2, 0.25) is 11.8 Å². The molecule has 0 saturated heterocycles. The summed E-state index contributed by atoms with van der Waals surface area (Å²) in [7, 11) is 0. The molecule has 2 aliphatic heterocycles. The van der Waals surface area contributed by atoms with Crippen molar-refractivity contribution < 1.29 is 9.47 Å². The van der Waals surface area contributed by atoms with Crippen LogP contribution in [-0.4, -0.2) is 37.1 Å². The van der Waals surface area contributed by atoms with E-state index in [9.17, 15) is 0 Å². The Labute approximate surface area is 241 Å². The van der Waals surface area contributed by atoms with Crippen LogP contribution in [0, 0.1) is 0 Å². The third kappa shape index (κ3) is 4.28. The van der Waals surface area contributed by atoms with Gasteiger partial charge in [-0.2, -0.15) is 0 Å². The van der Waals surface area contributed by atoms with Crippen LogP contribution in [0.3, 0.4) is 0 Å². The first-order valence-electron chi connectivity index (χ1n) is 15.0. The van der Waals surface area contributed by atoms with E-state index >= 15 is 0 Å². The van der Waals surface area contributed by atoms with E-state index in [2.05, 4.69) is 97.1 Å². The second-order valence-corrected chi connectivity index (χ2v) is 11.9. The Bertz CT molecular complexity index is 1530. The van der Waals surface area contributed by atoms with Gasteiger partial charge in [-0.1, -0.05) is 84.9 Å². The molecule has 0 unspecified atom stereocenters. The highest BCUT2D eigenvalue weighted by atomic mass is 16.5. The lowest BCUT2D eigenvalue weighted by atomic mass is 9.73. The predicted molar refractivity (Wildman–Crippen MR) is 163 cm³/mol. The van der Waals surface area contributed by atoms with Gasteiger partial charge in [0, 0.05) is 16.5 Å². The maximum absolute atomic E-state index is 6.34. The Morgan fingerprint density at radius 1 is 0.561 bits per heavy atom. The lowest BCUT2D eigenvalue weighted by molar-refractivity contribution is 0.316. The van der Waals surface area contributed by atoms with Gasteiger partial charge in [-0.05, 0) is 84.0 Å². The van der Waals surface area contributed by atoms with Crippen molar-refractivity contribution in [3.8, 4) is 0 Å². The van der Waals surface area contributed by atoms with Gasteiger partial charge in [0.05, 0.1) is 12.1 Å². The summed E-state index contributed by atoms with van der Waals surface area (Å²) in [6.07, 6.45) is 6.15. The molecule has 41 heavy (non-hydrogen) atoms. The van der Waals surface area contributed by atoms with Crippen molar-refractivity contribution in [3.05, 3.63) is 142 Å². The quantitative estimate of drug-likeness (QED) is 0.276. The Kier molecular flexibility index (Phi) is 6.02. The molecule has 2 atom stereocenters. The second kappa shape index (κ2) is 10.0. The molecule has 0 N–H and O–H groups in total. The summed E-state index contributed by atoms with van der Waals surface area (Å²) in [6.45, 7) is 1.27. The Hall–Kier alpha value is -4.18. The Balaban J connectivity index is 1.16. The van der Waals surface area contributed by atoms with E-state index in [1.807, 2.05) is 0 Å². The van der Waals surface area contributed by atoms with E-state index in [1.165, 1.54) is 44.5 Å². The minimum atomic E-state index is -0.0648. The predicted octanol–water partition coefficient (Wildman–Crippen LogP) is 6.64. The highest BCUT2D eigenvalue weighted by Gasteiger charge is 2.49. The van der Waals surface area contributed by atoms with Crippen molar-refractivity contribution in [2.75, 3.05) is 13.2 Å². The number of fused-ring (bicyclic) bond motifs is 4. The van der Waals surface area contributed by atoms with Gasteiger partial charge in [0.1, 0.15) is 13.2 Å². The fraction of sp³-hybridized carbons (Fsp3) is 0.297. The summed E-state index contributed by atoms with van der Waals surface area (Å²) < 4.78 is 12.7. The molecule has 8 rings (SSSR count). The van der Waals surface area contributed by atoms with Crippen molar-refractivity contribution in [1.29, 1.82) is 0 Å². The molecule has 0 fully saturated rings. The van der Waals surface area contributed by atoms with Crippen LogP contribution in [0.15, 0.2) is 107 Å². The van der Waals surface area contributed by atoms with Crippen LogP contribution in [0.4, 0.5) is 0 Å². The lowest BCUT2D eigenvalue weighted by Gasteiger charge is -2.30. The lowest BCUT2D eigenvalue weighted by Crippen LogP contribution is -2.27. The number of aryl methyl sites for hydroxylation is 2. The van der Waals surface area contributed by atoms with Crippen LogP contribution in [0.25, 0.3) is 0 Å². The van der Waals surface area contributed by atoms with Crippen LogP contribution in [0.5, 0.6) is 0 Å². The van der Waals surface area contributed by atoms with Gasteiger partial charge in [-0.15, -0.1) is 0 Å². The first-order chi connectivity index (χ1) is 20.3. The maximum Gasteiger partial charge on any atom is 0.216 e. The second-order valence-electron chi connectivity index (χ2n) is 11.9. The normalized spacial score (nSPS) is 21.7. The number of ether oxygens (including phenoxy) is 2. The largest absolute Gasteiger partial charge is 0.475 e. The van der Waals surface area contributed by atoms with Gasteiger partial charge in [-0.25, -0.2) is 9.98 Å². The number of rotatable bonds is 6. The molecule has 4 heteroatoms. The number of hydrogen-bond acceptors (Lipinski definition) is 4. The molecule has 4 aliphatic rings. The van der Waals surface area contributed by atoms with E-state index in [0.717, 1.165) is 50.3 Å². The Morgan fingerprint density at radius 2 is 1.02 bits per heavy atom. The topological polar surface area (TPSA) is 43.2 Å². The summed E-state index contributed by atoms with van der Waals surface area (Å²) in [5.74, 6) is 1.62. The third-order valence-electron chi connectivity index (χ3n) is 9.41. The fourth-order valence-electron chi connectivity index (χ4n) is 7.66. The molecule has 4 aromatic carbocycles. The van der Waals surface area contributed by atoms with E-state index in [4.69, 9.17) is 19.5 Å². The van der Waals surface area contributed by atoms with Crippen LogP contribution < -0.4 is 0 Å².